The number of hydrogen-bond acceptors (Lipinski definition) is 8. The van der Waals surface area contributed by atoms with Crippen molar-refractivity contribution >= 4 is 80.2 Å². The van der Waals surface area contributed by atoms with Crippen LogP contribution < -0.4 is 10.9 Å². The maximum absolute atomic E-state index is 12.7. The van der Waals surface area contributed by atoms with Crippen LogP contribution in [0, 0.1) is 11.8 Å². The minimum atomic E-state index is -0.596. The summed E-state index contributed by atoms with van der Waals surface area (Å²) in [5.74, 6) is -1.66. The van der Waals surface area contributed by atoms with Crippen LogP contribution >= 0.6 is 48.0 Å². The third-order valence-electron chi connectivity index (χ3n) is 3.41. The van der Waals surface area contributed by atoms with Gasteiger partial charge in [0, 0.05) is 12.8 Å². The molecule has 2 aliphatic rings. The van der Waals surface area contributed by atoms with E-state index in [0.29, 0.717) is 0 Å². The summed E-state index contributed by atoms with van der Waals surface area (Å²) in [5, 5.41) is 1.92. The molecule has 0 unspecified atom stereocenters. The molecule has 2 aliphatic heterocycles. The van der Waals surface area contributed by atoms with E-state index in [1.54, 1.807) is 0 Å². The van der Waals surface area contributed by atoms with Gasteiger partial charge in [-0.2, -0.15) is 10.0 Å². The molecular weight excluding hydrogens is 440 g/mol. The van der Waals surface area contributed by atoms with Gasteiger partial charge in [0.05, 0.1) is 0 Å². The van der Waals surface area contributed by atoms with E-state index in [2.05, 4.69) is 10.9 Å². The number of hydrogen-bond donors (Lipinski definition) is 2. The maximum Gasteiger partial charge on any atom is 0.286 e. The second kappa shape index (κ2) is 9.33. The number of carbonyl (C=O) groups excluding carboxylic acids is 4. The largest absolute Gasteiger partial charge is 0.286 e. The van der Waals surface area contributed by atoms with E-state index >= 15 is 0 Å². The molecule has 0 atom stereocenters. The number of rotatable bonds is 6. The summed E-state index contributed by atoms with van der Waals surface area (Å²) in [6, 6.07) is 0. The van der Waals surface area contributed by atoms with E-state index in [1.807, 2.05) is 27.7 Å². The monoisotopic (exact) mass is 460 g/mol. The van der Waals surface area contributed by atoms with Crippen molar-refractivity contribution < 1.29 is 19.2 Å². The molecule has 2 N–H and O–H groups in total. The molecule has 2 heterocycles. The molecule has 8 nitrogen and oxygen atoms in total. The first-order valence-electron chi connectivity index (χ1n) is 8.47. The van der Waals surface area contributed by atoms with Crippen LogP contribution in [0.3, 0.4) is 0 Å². The maximum atomic E-state index is 12.7. The average molecular weight is 461 g/mol. The molecule has 0 aliphatic carbocycles. The molecule has 0 aromatic rings. The predicted molar refractivity (Wildman–Crippen MR) is 116 cm³/mol. The van der Waals surface area contributed by atoms with Crippen molar-refractivity contribution in [2.45, 2.75) is 40.5 Å². The molecule has 2 rings (SSSR count). The lowest BCUT2D eigenvalue weighted by molar-refractivity contribution is -0.134. The minimum absolute atomic E-state index is 0.0767. The van der Waals surface area contributed by atoms with Crippen LogP contribution in [0.5, 0.6) is 0 Å². The molecule has 0 spiro atoms. The second-order valence-electron chi connectivity index (χ2n) is 6.94. The molecule has 0 aromatic heterocycles. The average Bonchev–Trinajstić information content (AvgIpc) is 2.98. The third-order valence-corrected chi connectivity index (χ3v) is 6.28. The van der Waals surface area contributed by atoms with Crippen molar-refractivity contribution in [3.05, 3.63) is 9.81 Å². The Bertz CT molecular complexity index is 730. The summed E-state index contributed by atoms with van der Waals surface area (Å²) in [6.45, 7) is 7.51. The van der Waals surface area contributed by atoms with Crippen LogP contribution in [-0.2, 0) is 19.2 Å². The number of thiocarbonyl (C=S) groups is 2. The molecule has 152 valence electrons. The van der Waals surface area contributed by atoms with Crippen molar-refractivity contribution in [2.24, 2.45) is 11.8 Å². The van der Waals surface area contributed by atoms with E-state index < -0.39 is 11.8 Å². The molecular formula is C16H20N4O4S4. The number of hydrazine groups is 2. The van der Waals surface area contributed by atoms with Crippen LogP contribution in [0.2, 0.25) is 0 Å². The number of nitrogens with zero attached hydrogens (tertiary/aromatic N) is 2. The predicted octanol–water partition coefficient (Wildman–Crippen LogP) is 2.07. The smallest absolute Gasteiger partial charge is 0.273 e. The molecule has 28 heavy (non-hydrogen) atoms. The summed E-state index contributed by atoms with van der Waals surface area (Å²) in [7, 11) is 0. The first kappa shape index (κ1) is 22.8. The minimum Gasteiger partial charge on any atom is -0.273 e. The van der Waals surface area contributed by atoms with Crippen LogP contribution in [-0.4, -0.2) is 42.3 Å². The number of thioether (sulfide) groups is 2. The fourth-order valence-corrected chi connectivity index (χ4v) is 4.80. The summed E-state index contributed by atoms with van der Waals surface area (Å²) in [6.07, 6.45) is 0.465. The first-order chi connectivity index (χ1) is 13.0. The fraction of sp³-hybridized carbons (Fsp3) is 0.500. The SMILES string of the molecule is CC(C)CC(=O)NN1C(=O)/C(=C2\SC(=S)N(NC(=O)CC(C)C)C2=O)SC1=S. The van der Waals surface area contributed by atoms with Crippen molar-refractivity contribution in [2.75, 3.05) is 0 Å². The summed E-state index contributed by atoms with van der Waals surface area (Å²) in [5.41, 5.74) is 4.93. The van der Waals surface area contributed by atoms with Crippen LogP contribution in [0.1, 0.15) is 40.5 Å². The highest BCUT2D eigenvalue weighted by Crippen LogP contribution is 2.41. The van der Waals surface area contributed by atoms with Gasteiger partial charge < -0.3 is 0 Å². The van der Waals surface area contributed by atoms with E-state index in [1.165, 1.54) is 0 Å². The zero-order valence-electron chi connectivity index (χ0n) is 15.7. The molecule has 12 heteroatoms. The molecule has 2 saturated heterocycles. The van der Waals surface area contributed by atoms with Gasteiger partial charge in [-0.05, 0) is 36.3 Å². The Balaban J connectivity index is 2.17. The topological polar surface area (TPSA) is 98.8 Å². The standard InChI is InChI=1S/C16H20N4O4S4/c1-7(2)5-9(21)17-19-13(23)11(27-15(19)25)12-14(24)20(16(26)28-12)18-10(22)6-8(3)4/h7-8H,5-6H2,1-4H3,(H,17,21)(H,18,22)/b12-11+. The van der Waals surface area contributed by atoms with Gasteiger partial charge in [0.15, 0.2) is 8.64 Å². The van der Waals surface area contributed by atoms with Crippen molar-refractivity contribution in [1.82, 2.24) is 20.9 Å². The highest BCUT2D eigenvalue weighted by atomic mass is 32.2. The quantitative estimate of drug-likeness (QED) is 0.459. The molecule has 4 amide bonds. The van der Waals surface area contributed by atoms with Crippen LogP contribution in [0.4, 0.5) is 0 Å². The van der Waals surface area contributed by atoms with E-state index in [4.69, 9.17) is 24.4 Å². The Morgan fingerprint density at radius 2 is 1.14 bits per heavy atom. The van der Waals surface area contributed by atoms with Gasteiger partial charge in [0.1, 0.15) is 9.81 Å². The lowest BCUT2D eigenvalue weighted by Gasteiger charge is -2.16. The fourth-order valence-electron chi connectivity index (χ4n) is 2.28. The summed E-state index contributed by atoms with van der Waals surface area (Å²) >= 11 is 12.1. The Morgan fingerprint density at radius 3 is 1.43 bits per heavy atom. The van der Waals surface area contributed by atoms with Gasteiger partial charge in [-0.15, -0.1) is 0 Å². The Morgan fingerprint density at radius 1 is 0.821 bits per heavy atom. The van der Waals surface area contributed by atoms with Crippen molar-refractivity contribution in [3.63, 3.8) is 0 Å². The first-order valence-corrected chi connectivity index (χ1v) is 10.9. The van der Waals surface area contributed by atoms with Gasteiger partial charge >= 0.3 is 0 Å². The van der Waals surface area contributed by atoms with Gasteiger partial charge in [-0.1, -0.05) is 51.2 Å². The van der Waals surface area contributed by atoms with E-state index in [0.717, 1.165) is 33.5 Å². The summed E-state index contributed by atoms with van der Waals surface area (Å²) < 4.78 is 0.234. The molecule has 0 saturated carbocycles. The lowest BCUT2D eigenvalue weighted by atomic mass is 10.1. The lowest BCUT2D eigenvalue weighted by Crippen LogP contribution is -2.46. The third kappa shape index (κ3) is 5.31. The van der Waals surface area contributed by atoms with Gasteiger partial charge in [-0.25, -0.2) is 0 Å². The zero-order valence-corrected chi connectivity index (χ0v) is 19.0. The normalized spacial score (nSPS) is 20.1. The van der Waals surface area contributed by atoms with Gasteiger partial charge in [0.2, 0.25) is 11.8 Å². The van der Waals surface area contributed by atoms with Crippen molar-refractivity contribution in [1.29, 1.82) is 0 Å². The Hall–Kier alpha value is -1.50. The Kier molecular flexibility index (Phi) is 7.59. The van der Waals surface area contributed by atoms with Crippen LogP contribution in [0.25, 0.3) is 0 Å². The number of nitrogens with one attached hydrogen (secondary N) is 2. The molecule has 0 radical (unpaired) electrons. The second-order valence-corrected chi connectivity index (χ2v) is 10.2. The Labute approximate surface area is 182 Å². The van der Waals surface area contributed by atoms with E-state index in [9.17, 15) is 19.2 Å². The number of carbonyl (C=O) groups is 4. The number of amides is 4. The van der Waals surface area contributed by atoms with Gasteiger partial charge in [-0.3, -0.25) is 30.0 Å². The van der Waals surface area contributed by atoms with Crippen molar-refractivity contribution in [3.8, 4) is 0 Å². The molecule has 0 bridgehead atoms. The zero-order chi connectivity index (χ0) is 21.2. The highest BCUT2D eigenvalue weighted by Gasteiger charge is 2.43. The highest BCUT2D eigenvalue weighted by molar-refractivity contribution is 8.29. The molecule has 2 fully saturated rings. The van der Waals surface area contributed by atoms with Gasteiger partial charge in [0.25, 0.3) is 11.8 Å². The van der Waals surface area contributed by atoms with Crippen LogP contribution in [0.15, 0.2) is 9.81 Å². The molecule has 0 aromatic carbocycles. The summed E-state index contributed by atoms with van der Waals surface area (Å²) in [4.78, 5) is 49.5. The van der Waals surface area contributed by atoms with E-state index in [-0.39, 0.29) is 54.9 Å².